The van der Waals surface area contributed by atoms with Gasteiger partial charge in [-0.05, 0) is 45.4 Å². The zero-order valence-corrected chi connectivity index (χ0v) is 28.6. The Hall–Kier alpha value is -3.94. The van der Waals surface area contributed by atoms with Crippen molar-refractivity contribution >= 4 is 34.9 Å². The number of hydrogen-bond acceptors (Lipinski definition) is 13. The van der Waals surface area contributed by atoms with Gasteiger partial charge < -0.3 is 50.2 Å². The summed E-state index contributed by atoms with van der Waals surface area (Å²) >= 11 is 0. The number of ether oxygens (including phenoxy) is 3. The van der Waals surface area contributed by atoms with E-state index in [0.717, 1.165) is 0 Å². The largest absolute Gasteiger partial charge is 0.479 e. The molecular weight excluding hydrogens is 658 g/mol. The fraction of sp³-hybridized carbons (Fsp3) is 0.688. The third-order valence-corrected chi connectivity index (χ3v) is 9.53. The number of likely N-dealkylation sites (tertiary alicyclic amines) is 1. The Labute approximate surface area is 288 Å². The van der Waals surface area contributed by atoms with E-state index in [0.29, 0.717) is 50.3 Å². The monoisotopic (exact) mass is 705 g/mol. The van der Waals surface area contributed by atoms with E-state index in [-0.39, 0.29) is 18.5 Å². The van der Waals surface area contributed by atoms with Gasteiger partial charge in [0.05, 0.1) is 37.0 Å². The minimum Gasteiger partial charge on any atom is -0.479 e. The van der Waals surface area contributed by atoms with E-state index >= 15 is 0 Å². The van der Waals surface area contributed by atoms with E-state index in [1.807, 2.05) is 0 Å². The van der Waals surface area contributed by atoms with Gasteiger partial charge in [0.25, 0.3) is 5.91 Å². The second-order valence-corrected chi connectivity index (χ2v) is 14.3. The molecule has 3 saturated heterocycles. The molecule has 2 aromatic rings. The summed E-state index contributed by atoms with van der Waals surface area (Å²) in [4.78, 5) is 54.4. The van der Waals surface area contributed by atoms with E-state index in [4.69, 9.17) is 14.2 Å². The first-order valence-electron chi connectivity index (χ1n) is 16.6. The number of amides is 3. The first-order valence-corrected chi connectivity index (χ1v) is 16.6. The highest BCUT2D eigenvalue weighted by molar-refractivity contribution is 5.97. The van der Waals surface area contributed by atoms with Gasteiger partial charge in [0.15, 0.2) is 5.60 Å². The van der Waals surface area contributed by atoms with Crippen molar-refractivity contribution in [2.75, 3.05) is 45.9 Å². The van der Waals surface area contributed by atoms with Crippen molar-refractivity contribution in [3.05, 3.63) is 23.8 Å². The fourth-order valence-electron chi connectivity index (χ4n) is 6.93. The number of H-pyrrole nitrogens is 1. The van der Waals surface area contributed by atoms with Crippen molar-refractivity contribution in [1.82, 2.24) is 35.8 Å². The molecular formula is C32H47N7O11. The van der Waals surface area contributed by atoms with Gasteiger partial charge in [-0.25, -0.2) is 9.59 Å². The second-order valence-electron chi connectivity index (χ2n) is 14.3. The summed E-state index contributed by atoms with van der Waals surface area (Å²) in [5.74, 6) is -2.56. The maximum absolute atomic E-state index is 12.9. The Balaban J connectivity index is 1.29. The van der Waals surface area contributed by atoms with Crippen molar-refractivity contribution in [3.63, 3.8) is 0 Å². The van der Waals surface area contributed by atoms with Crippen LogP contribution in [0.2, 0.25) is 0 Å². The lowest BCUT2D eigenvalue weighted by Gasteiger charge is -2.49. The van der Waals surface area contributed by atoms with Crippen LogP contribution in [0.15, 0.2) is 18.2 Å². The number of rotatable bonds is 10. The number of carbonyl (C=O) groups excluding carboxylic acids is 3. The van der Waals surface area contributed by atoms with Crippen molar-refractivity contribution in [1.29, 1.82) is 0 Å². The number of morpholine rings is 1. The third kappa shape index (κ3) is 8.16. The summed E-state index contributed by atoms with van der Waals surface area (Å²) < 4.78 is 17.5. The zero-order valence-electron chi connectivity index (χ0n) is 28.6. The summed E-state index contributed by atoms with van der Waals surface area (Å²) in [6.45, 7) is 8.12. The number of nitrogens with one attached hydrogen (secondary N) is 3. The standard InChI is InChI=1S/C32H47N7O11/c1-18(40)34-24-22(41)14-32(28(45)46,8-10-39-11-12-48-17-31(39)7-9-38(16-31)29(47)50-30(2,3)4)49-26(24)25(43)23(42)15-33-27(44)19-5-6-20-21(13-19)36-37-35-20/h5-6,13,22-26,41-43H,7-12,14-17H2,1-4H3,(H,33,44)(H,34,40)(H,45,46)(H,35,36,37)/t22-,23+,24+,25+,26+,31-,32+/m0/s1. The summed E-state index contributed by atoms with van der Waals surface area (Å²) in [5.41, 5.74) is -2.10. The van der Waals surface area contributed by atoms with Crippen LogP contribution in [-0.4, -0.2) is 163 Å². The van der Waals surface area contributed by atoms with Crippen molar-refractivity contribution in [2.24, 2.45) is 0 Å². The molecule has 3 aliphatic heterocycles. The molecule has 276 valence electrons. The van der Waals surface area contributed by atoms with Crippen LogP contribution in [0.4, 0.5) is 4.79 Å². The zero-order chi connectivity index (χ0) is 36.4. The van der Waals surface area contributed by atoms with Crippen LogP contribution in [0.25, 0.3) is 11.0 Å². The lowest BCUT2D eigenvalue weighted by Crippen LogP contribution is -2.68. The molecule has 0 saturated carbocycles. The molecule has 50 heavy (non-hydrogen) atoms. The number of carboxylic acid groups (broad SMARTS) is 1. The Morgan fingerprint density at radius 3 is 2.60 bits per heavy atom. The predicted octanol–water partition coefficient (Wildman–Crippen LogP) is -1.01. The van der Waals surface area contributed by atoms with Gasteiger partial charge in [-0.3, -0.25) is 14.5 Å². The lowest BCUT2D eigenvalue weighted by atomic mass is 9.81. The normalized spacial score (nSPS) is 28.7. The molecule has 3 aliphatic rings. The van der Waals surface area contributed by atoms with Crippen molar-refractivity contribution < 1.29 is 53.8 Å². The van der Waals surface area contributed by atoms with E-state index in [1.165, 1.54) is 19.1 Å². The number of aromatic amines is 1. The highest BCUT2D eigenvalue weighted by Crippen LogP contribution is 2.38. The average Bonchev–Trinajstić information content (AvgIpc) is 3.70. The topological polar surface area (TPSA) is 249 Å². The lowest BCUT2D eigenvalue weighted by molar-refractivity contribution is -0.231. The summed E-state index contributed by atoms with van der Waals surface area (Å²) in [5, 5.41) is 59.5. The molecule has 3 fully saturated rings. The first-order chi connectivity index (χ1) is 23.5. The van der Waals surface area contributed by atoms with Gasteiger partial charge >= 0.3 is 12.1 Å². The molecule has 1 spiro atoms. The number of nitrogens with zero attached hydrogens (tertiary/aromatic N) is 4. The first kappa shape index (κ1) is 37.3. The number of hydrogen-bond donors (Lipinski definition) is 7. The van der Waals surface area contributed by atoms with Crippen LogP contribution in [0.1, 0.15) is 57.3 Å². The number of benzene rings is 1. The molecule has 18 nitrogen and oxygen atoms in total. The smallest absolute Gasteiger partial charge is 0.410 e. The maximum atomic E-state index is 12.9. The molecule has 0 aliphatic carbocycles. The van der Waals surface area contributed by atoms with Crippen LogP contribution in [0.5, 0.6) is 0 Å². The summed E-state index contributed by atoms with van der Waals surface area (Å²) in [6.07, 6.45) is -7.04. The minimum atomic E-state index is -2.03. The fourth-order valence-corrected chi connectivity index (χ4v) is 6.93. The molecule has 4 heterocycles. The Kier molecular flexibility index (Phi) is 11.0. The summed E-state index contributed by atoms with van der Waals surface area (Å²) in [6, 6.07) is 3.31. The number of fused-ring (bicyclic) bond motifs is 1. The van der Waals surface area contributed by atoms with Gasteiger partial charge in [0, 0.05) is 58.1 Å². The number of aliphatic hydroxyl groups excluding tert-OH is 3. The van der Waals surface area contributed by atoms with Gasteiger partial charge in [-0.1, -0.05) is 0 Å². The molecule has 7 N–H and O–H groups in total. The van der Waals surface area contributed by atoms with Crippen LogP contribution in [0.3, 0.4) is 0 Å². The van der Waals surface area contributed by atoms with Crippen molar-refractivity contribution in [3.8, 4) is 0 Å². The molecule has 1 aromatic carbocycles. The molecule has 0 unspecified atom stereocenters. The molecule has 7 atom stereocenters. The van der Waals surface area contributed by atoms with Crippen LogP contribution < -0.4 is 10.6 Å². The van der Waals surface area contributed by atoms with E-state index in [1.54, 1.807) is 31.7 Å². The van der Waals surface area contributed by atoms with Gasteiger partial charge in [-0.15, -0.1) is 0 Å². The maximum Gasteiger partial charge on any atom is 0.410 e. The van der Waals surface area contributed by atoms with Crippen LogP contribution >= 0.6 is 0 Å². The second kappa shape index (κ2) is 14.7. The predicted molar refractivity (Wildman–Crippen MR) is 174 cm³/mol. The van der Waals surface area contributed by atoms with Gasteiger partial charge in [0.1, 0.15) is 28.8 Å². The average molecular weight is 706 g/mol. The van der Waals surface area contributed by atoms with Gasteiger partial charge in [0.2, 0.25) is 5.91 Å². The number of carbonyl (C=O) groups is 4. The number of aromatic nitrogens is 3. The highest BCUT2D eigenvalue weighted by atomic mass is 16.6. The van der Waals surface area contributed by atoms with Crippen LogP contribution in [0, 0.1) is 0 Å². The molecule has 18 heteroatoms. The third-order valence-electron chi connectivity index (χ3n) is 9.53. The van der Waals surface area contributed by atoms with E-state index < -0.39 is 84.0 Å². The number of aliphatic carboxylic acids is 1. The summed E-state index contributed by atoms with van der Waals surface area (Å²) in [7, 11) is 0. The Bertz CT molecular complexity index is 1570. The number of aliphatic hydroxyl groups is 3. The molecule has 3 amide bonds. The van der Waals surface area contributed by atoms with Crippen LogP contribution in [-0.2, 0) is 23.8 Å². The highest BCUT2D eigenvalue weighted by Gasteiger charge is 2.55. The van der Waals surface area contributed by atoms with E-state index in [2.05, 4.69) is 30.9 Å². The SMILES string of the molecule is CC(=O)N[C@H]1[C@H]([C@H](O)[C@H](O)CNC(=O)c2ccc3n[nH]nc3c2)O[C@@](CCN2CCOC[C@@]23CCN(C(=O)OC(C)(C)C)C3)(C(=O)O)C[C@@H]1O. The molecule has 5 rings (SSSR count). The number of carboxylic acids is 1. The Morgan fingerprint density at radius 2 is 1.90 bits per heavy atom. The minimum absolute atomic E-state index is 0.138. The quantitative estimate of drug-likeness (QED) is 0.157. The Morgan fingerprint density at radius 1 is 1.16 bits per heavy atom. The molecule has 0 radical (unpaired) electrons. The van der Waals surface area contributed by atoms with E-state index in [9.17, 15) is 39.6 Å². The van der Waals surface area contributed by atoms with Crippen molar-refractivity contribution in [2.45, 2.75) is 94.2 Å². The molecule has 1 aromatic heterocycles. The molecule has 0 bridgehead atoms. The van der Waals surface area contributed by atoms with Gasteiger partial charge in [-0.2, -0.15) is 15.4 Å².